The third-order valence-electron chi connectivity index (χ3n) is 13.9. The minimum Gasteiger partial charge on any atom is -0.462 e. The molecule has 0 aliphatic rings. The van der Waals surface area contributed by atoms with Crippen molar-refractivity contribution in [3.63, 3.8) is 0 Å². The van der Waals surface area contributed by atoms with Crippen molar-refractivity contribution >= 4 is 25.7 Å². The van der Waals surface area contributed by atoms with E-state index in [4.69, 9.17) is 23.3 Å². The second-order valence-electron chi connectivity index (χ2n) is 21.6. The van der Waals surface area contributed by atoms with Crippen molar-refractivity contribution in [2.45, 2.75) is 315 Å². The Labute approximate surface area is 478 Å². The van der Waals surface area contributed by atoms with Crippen molar-refractivity contribution in [3.8, 4) is 0 Å². The molecule has 0 rings (SSSR count). The second kappa shape index (κ2) is 60.3. The van der Waals surface area contributed by atoms with Crippen LogP contribution in [0.2, 0.25) is 0 Å². The van der Waals surface area contributed by atoms with Gasteiger partial charge in [0.15, 0.2) is 6.10 Å². The number of aliphatic hydroxyl groups is 1. The van der Waals surface area contributed by atoms with Gasteiger partial charge in [-0.05, 0) is 83.5 Å². The molecule has 0 aliphatic heterocycles. The van der Waals surface area contributed by atoms with Crippen molar-refractivity contribution in [2.24, 2.45) is 0 Å². The first-order valence-corrected chi connectivity index (χ1v) is 33.7. The van der Waals surface area contributed by atoms with Crippen LogP contribution < -0.4 is 0 Å². The summed E-state index contributed by atoms with van der Waals surface area (Å²) in [6, 6.07) is 0. The van der Waals surface area contributed by atoms with Crippen LogP contribution in [0.15, 0.2) is 60.8 Å². The molecule has 3 atom stereocenters. The van der Waals surface area contributed by atoms with Crippen LogP contribution in [-0.2, 0) is 42.2 Å². The second-order valence-corrected chi connectivity index (χ2v) is 23.0. The van der Waals surface area contributed by atoms with Gasteiger partial charge in [0.25, 0.3) is 0 Å². The average Bonchev–Trinajstić information content (AvgIpc) is 3.43. The Balaban J connectivity index is 4.69. The molecular formula is C66H119O11P. The fourth-order valence-electron chi connectivity index (χ4n) is 9.05. The Morgan fingerprint density at radius 3 is 1.05 bits per heavy atom. The quantitative estimate of drug-likeness (QED) is 0.0197. The summed E-state index contributed by atoms with van der Waals surface area (Å²) in [6.07, 6.45) is 67.4. The van der Waals surface area contributed by atoms with E-state index in [1.165, 1.54) is 135 Å². The first-order chi connectivity index (χ1) is 38.2. The topological polar surface area (TPSA) is 155 Å². The zero-order valence-corrected chi connectivity index (χ0v) is 51.3. The molecule has 0 saturated heterocycles. The molecule has 454 valence electrons. The van der Waals surface area contributed by atoms with Crippen LogP contribution in [0.3, 0.4) is 0 Å². The van der Waals surface area contributed by atoms with E-state index in [0.29, 0.717) is 19.3 Å². The highest BCUT2D eigenvalue weighted by Gasteiger charge is 2.28. The summed E-state index contributed by atoms with van der Waals surface area (Å²) in [4.78, 5) is 48.7. The van der Waals surface area contributed by atoms with E-state index in [2.05, 4.69) is 81.5 Å². The third-order valence-corrected chi connectivity index (χ3v) is 14.9. The van der Waals surface area contributed by atoms with Crippen molar-refractivity contribution in [1.82, 2.24) is 0 Å². The maximum atomic E-state index is 13.0. The van der Waals surface area contributed by atoms with Gasteiger partial charge in [0.1, 0.15) is 12.7 Å². The minimum atomic E-state index is -4.76. The van der Waals surface area contributed by atoms with E-state index in [1.54, 1.807) is 0 Å². The van der Waals surface area contributed by atoms with Gasteiger partial charge in [-0.3, -0.25) is 23.4 Å². The van der Waals surface area contributed by atoms with E-state index in [1.807, 2.05) is 0 Å². The van der Waals surface area contributed by atoms with Gasteiger partial charge in [-0.15, -0.1) is 0 Å². The summed E-state index contributed by atoms with van der Waals surface area (Å²) in [7, 11) is -4.76. The van der Waals surface area contributed by atoms with Crippen LogP contribution in [0.4, 0.5) is 0 Å². The lowest BCUT2D eigenvalue weighted by atomic mass is 10.0. The molecule has 0 spiro atoms. The molecule has 0 radical (unpaired) electrons. The molecule has 11 nitrogen and oxygen atoms in total. The number of allylic oxidation sites excluding steroid dienone is 10. The predicted octanol–water partition coefficient (Wildman–Crippen LogP) is 19.5. The van der Waals surface area contributed by atoms with Crippen molar-refractivity contribution in [2.75, 3.05) is 26.4 Å². The van der Waals surface area contributed by atoms with Crippen molar-refractivity contribution in [1.29, 1.82) is 0 Å². The molecule has 0 aliphatic carbocycles. The van der Waals surface area contributed by atoms with Crippen LogP contribution in [0.5, 0.6) is 0 Å². The zero-order chi connectivity index (χ0) is 56.9. The lowest BCUT2D eigenvalue weighted by Crippen LogP contribution is -2.30. The number of rotatable bonds is 60. The number of ether oxygens (including phenoxy) is 3. The maximum Gasteiger partial charge on any atom is 0.472 e. The summed E-state index contributed by atoms with van der Waals surface area (Å²) < 4.78 is 39.7. The van der Waals surface area contributed by atoms with Gasteiger partial charge < -0.3 is 24.2 Å². The maximum absolute atomic E-state index is 13.0. The monoisotopic (exact) mass is 1120 g/mol. The Hall–Kier alpha value is -2.82. The van der Waals surface area contributed by atoms with Gasteiger partial charge in [0.2, 0.25) is 0 Å². The summed E-state index contributed by atoms with van der Waals surface area (Å²) >= 11 is 0. The number of esters is 3. The molecule has 2 N–H and O–H groups in total. The van der Waals surface area contributed by atoms with E-state index in [0.717, 1.165) is 109 Å². The van der Waals surface area contributed by atoms with Gasteiger partial charge in [0.05, 0.1) is 19.8 Å². The first kappa shape index (κ1) is 75.2. The van der Waals surface area contributed by atoms with Gasteiger partial charge in [-0.2, -0.15) is 0 Å². The molecule has 0 bridgehead atoms. The Kier molecular flexibility index (Phi) is 58.1. The van der Waals surface area contributed by atoms with E-state index in [-0.39, 0.29) is 25.9 Å². The summed E-state index contributed by atoms with van der Waals surface area (Å²) in [5.74, 6) is -1.47. The number of carbonyl (C=O) groups is 3. The molecule has 0 heterocycles. The van der Waals surface area contributed by atoms with Gasteiger partial charge in [0, 0.05) is 19.3 Å². The van der Waals surface area contributed by atoms with Crippen LogP contribution in [0.25, 0.3) is 0 Å². The Morgan fingerprint density at radius 1 is 0.372 bits per heavy atom. The fraction of sp³-hybridized carbons (Fsp3) is 0.803. The van der Waals surface area contributed by atoms with Gasteiger partial charge >= 0.3 is 25.7 Å². The molecule has 78 heavy (non-hydrogen) atoms. The summed E-state index contributed by atoms with van der Waals surface area (Å²) in [6.45, 7) is 4.55. The Morgan fingerprint density at radius 2 is 0.667 bits per heavy atom. The summed E-state index contributed by atoms with van der Waals surface area (Å²) in [5.41, 5.74) is 0. The normalized spacial score (nSPS) is 13.7. The molecule has 3 unspecified atom stereocenters. The van der Waals surface area contributed by atoms with Crippen LogP contribution >= 0.6 is 7.82 Å². The number of hydrogen-bond donors (Lipinski definition) is 2. The van der Waals surface area contributed by atoms with E-state index >= 15 is 0 Å². The fourth-order valence-corrected chi connectivity index (χ4v) is 9.83. The third kappa shape index (κ3) is 57.9. The standard InChI is InChI=1S/C66H119O11P/c1-4-7-10-13-16-19-22-25-28-31-34-37-40-43-46-49-52-55-64(68)73-59-63(77-66(70)57-54-51-48-45-42-39-36-33-30-27-24-21-18-15-12-9-6-3)61-75-78(71,72)74-60-62(58-67)76-65(69)56-53-50-47-44-41-38-35-32-29-26-23-20-17-14-11-8-5-2/h9,12,16,18-19,21,25,27-28,30,62-63,67H,4-8,10-11,13-15,17,20,22-24,26,29,31-61H2,1-3H3,(H,71,72)/b12-9-,19-16-,21-18-,28-25-,30-27-. The number of aliphatic hydroxyl groups excluding tert-OH is 1. The molecular weight excluding hydrogens is 1000 g/mol. The van der Waals surface area contributed by atoms with Gasteiger partial charge in [-0.1, -0.05) is 261 Å². The first-order valence-electron chi connectivity index (χ1n) is 32.2. The zero-order valence-electron chi connectivity index (χ0n) is 50.4. The molecule has 0 aromatic rings. The SMILES string of the molecule is CC/C=C\C/C=C\C/C=C\CCCCCCCCCC(=O)OC(COC(=O)CCCCCCCCC/C=C\C/C=C\CCCCC)COP(=O)(O)OCC(CO)OC(=O)CCCCCCCCCCCCCCCCCCC. The number of hydrogen-bond acceptors (Lipinski definition) is 10. The molecule has 0 saturated carbocycles. The van der Waals surface area contributed by atoms with Crippen LogP contribution in [0.1, 0.15) is 303 Å². The highest BCUT2D eigenvalue weighted by atomic mass is 31.2. The Bertz CT molecular complexity index is 1540. The summed E-state index contributed by atoms with van der Waals surface area (Å²) in [5, 5.41) is 9.86. The largest absolute Gasteiger partial charge is 0.472 e. The lowest BCUT2D eigenvalue weighted by Gasteiger charge is -2.21. The lowest BCUT2D eigenvalue weighted by molar-refractivity contribution is -0.161. The van der Waals surface area contributed by atoms with Crippen molar-refractivity contribution in [3.05, 3.63) is 60.8 Å². The smallest absolute Gasteiger partial charge is 0.462 e. The highest BCUT2D eigenvalue weighted by molar-refractivity contribution is 7.47. The average molecular weight is 1120 g/mol. The number of phosphoric acid groups is 1. The van der Waals surface area contributed by atoms with Gasteiger partial charge in [-0.25, -0.2) is 4.57 Å². The number of unbranched alkanes of at least 4 members (excludes halogenated alkanes) is 33. The predicted molar refractivity (Wildman–Crippen MR) is 325 cm³/mol. The van der Waals surface area contributed by atoms with E-state index in [9.17, 15) is 28.9 Å². The van der Waals surface area contributed by atoms with Crippen LogP contribution in [0, 0.1) is 0 Å². The molecule has 0 aromatic carbocycles. The molecule has 0 aromatic heterocycles. The molecule has 0 fully saturated rings. The van der Waals surface area contributed by atoms with E-state index < -0.39 is 57.8 Å². The number of phosphoric ester groups is 1. The number of carbonyl (C=O) groups excluding carboxylic acids is 3. The molecule has 12 heteroatoms. The highest BCUT2D eigenvalue weighted by Crippen LogP contribution is 2.43. The van der Waals surface area contributed by atoms with Crippen LogP contribution in [-0.4, -0.2) is 66.5 Å². The molecule has 0 amide bonds. The minimum absolute atomic E-state index is 0.155. The van der Waals surface area contributed by atoms with Crippen molar-refractivity contribution < 1.29 is 52.2 Å².